The highest BCUT2D eigenvalue weighted by Crippen LogP contribution is 2.35. The molecule has 10 heavy (non-hydrogen) atoms. The Morgan fingerprint density at radius 3 is 2.10 bits per heavy atom. The molecule has 1 saturated heterocycles. The van der Waals surface area contributed by atoms with Crippen molar-refractivity contribution in [3.8, 4) is 0 Å². The first-order valence-electron chi connectivity index (χ1n) is 4.32. The van der Waals surface area contributed by atoms with Crippen molar-refractivity contribution in [2.24, 2.45) is 11.8 Å². The molecule has 1 fully saturated rings. The van der Waals surface area contributed by atoms with Crippen LogP contribution in [0.25, 0.3) is 0 Å². The molecule has 0 aromatic heterocycles. The lowest BCUT2D eigenvalue weighted by atomic mass is 9.98. The number of rotatable bonds is 3. The van der Waals surface area contributed by atoms with Gasteiger partial charge in [0, 0.05) is 0 Å². The van der Waals surface area contributed by atoms with Crippen LogP contribution < -0.4 is 0 Å². The lowest BCUT2D eigenvalue weighted by molar-refractivity contribution is 0.304. The third-order valence-electron chi connectivity index (χ3n) is 2.42. The molecule has 0 saturated carbocycles. The third kappa shape index (κ3) is 1.51. The summed E-state index contributed by atoms with van der Waals surface area (Å²) >= 11 is 0. The Morgan fingerprint density at radius 1 is 1.20 bits per heavy atom. The molecule has 3 unspecified atom stereocenters. The minimum atomic E-state index is 0.565. The third-order valence-corrected chi connectivity index (χ3v) is 2.42. The molecular formula is C9H18O. The Kier molecular flexibility index (Phi) is 2.35. The lowest BCUT2D eigenvalue weighted by Crippen LogP contribution is -2.09. The van der Waals surface area contributed by atoms with E-state index in [0.29, 0.717) is 18.1 Å². The van der Waals surface area contributed by atoms with Crippen molar-refractivity contribution in [2.75, 3.05) is 0 Å². The topological polar surface area (TPSA) is 12.5 Å². The zero-order valence-electron chi connectivity index (χ0n) is 7.42. The Hall–Kier alpha value is -0.0400. The van der Waals surface area contributed by atoms with Crippen LogP contribution in [-0.4, -0.2) is 12.2 Å². The van der Waals surface area contributed by atoms with Crippen molar-refractivity contribution in [3.63, 3.8) is 0 Å². The van der Waals surface area contributed by atoms with Gasteiger partial charge in [0.1, 0.15) is 0 Å². The van der Waals surface area contributed by atoms with E-state index in [1.54, 1.807) is 0 Å². The predicted octanol–water partition coefficient (Wildman–Crippen LogP) is 2.46. The smallest absolute Gasteiger partial charge is 0.0869 e. The van der Waals surface area contributed by atoms with Crippen LogP contribution in [0.1, 0.15) is 34.1 Å². The molecule has 1 aliphatic heterocycles. The van der Waals surface area contributed by atoms with E-state index in [1.165, 1.54) is 6.42 Å². The van der Waals surface area contributed by atoms with E-state index in [1.807, 2.05) is 0 Å². The van der Waals surface area contributed by atoms with Crippen LogP contribution in [0.5, 0.6) is 0 Å². The largest absolute Gasteiger partial charge is 0.369 e. The molecular weight excluding hydrogens is 124 g/mol. The maximum atomic E-state index is 5.53. The van der Waals surface area contributed by atoms with Gasteiger partial charge in [-0.05, 0) is 11.8 Å². The predicted molar refractivity (Wildman–Crippen MR) is 43.0 cm³/mol. The highest BCUT2D eigenvalue weighted by atomic mass is 16.6. The number of hydrogen-bond acceptors (Lipinski definition) is 1. The monoisotopic (exact) mass is 142 g/mol. The first kappa shape index (κ1) is 8.06. The van der Waals surface area contributed by atoms with Crippen LogP contribution >= 0.6 is 0 Å². The summed E-state index contributed by atoms with van der Waals surface area (Å²) in [6, 6.07) is 0. The molecule has 1 aliphatic rings. The minimum Gasteiger partial charge on any atom is -0.369 e. The maximum Gasteiger partial charge on any atom is 0.0869 e. The summed E-state index contributed by atoms with van der Waals surface area (Å²) in [6.45, 7) is 8.96. The van der Waals surface area contributed by atoms with E-state index in [0.717, 1.165) is 5.92 Å². The summed E-state index contributed by atoms with van der Waals surface area (Å²) in [4.78, 5) is 0. The molecule has 0 aliphatic carbocycles. The second-order valence-corrected chi connectivity index (χ2v) is 3.69. The van der Waals surface area contributed by atoms with Crippen LogP contribution in [-0.2, 0) is 4.74 Å². The number of ether oxygens (including phenoxy) is 1. The van der Waals surface area contributed by atoms with E-state index in [9.17, 15) is 0 Å². The summed E-state index contributed by atoms with van der Waals surface area (Å²) in [5.41, 5.74) is 0. The summed E-state index contributed by atoms with van der Waals surface area (Å²) in [6.07, 6.45) is 2.38. The van der Waals surface area contributed by atoms with Crippen LogP contribution in [0.4, 0.5) is 0 Å². The highest BCUT2D eigenvalue weighted by molar-refractivity contribution is 4.90. The molecule has 0 N–H and O–H groups in total. The van der Waals surface area contributed by atoms with Gasteiger partial charge in [-0.1, -0.05) is 34.1 Å². The van der Waals surface area contributed by atoms with Gasteiger partial charge in [0.05, 0.1) is 12.2 Å². The Balaban J connectivity index is 2.24. The standard InChI is InChI=1S/C9H18O/c1-5-7(4)9-8(10-9)6(2)3/h6-9H,5H2,1-4H3. The average Bonchev–Trinajstić information content (AvgIpc) is 2.64. The Labute approximate surface area is 63.8 Å². The quantitative estimate of drug-likeness (QED) is 0.551. The van der Waals surface area contributed by atoms with E-state index in [-0.39, 0.29) is 0 Å². The van der Waals surface area contributed by atoms with E-state index < -0.39 is 0 Å². The highest BCUT2D eigenvalue weighted by Gasteiger charge is 2.43. The van der Waals surface area contributed by atoms with Gasteiger partial charge in [-0.3, -0.25) is 0 Å². The minimum absolute atomic E-state index is 0.565. The van der Waals surface area contributed by atoms with Crippen LogP contribution in [0.2, 0.25) is 0 Å². The lowest BCUT2D eigenvalue weighted by Gasteiger charge is -2.03. The molecule has 1 heterocycles. The maximum absolute atomic E-state index is 5.53. The van der Waals surface area contributed by atoms with Gasteiger partial charge in [0.15, 0.2) is 0 Å². The second-order valence-electron chi connectivity index (χ2n) is 3.69. The van der Waals surface area contributed by atoms with E-state index >= 15 is 0 Å². The fourth-order valence-corrected chi connectivity index (χ4v) is 1.36. The molecule has 0 aromatic carbocycles. The van der Waals surface area contributed by atoms with Crippen molar-refractivity contribution in [1.82, 2.24) is 0 Å². The van der Waals surface area contributed by atoms with Gasteiger partial charge in [-0.2, -0.15) is 0 Å². The first-order chi connectivity index (χ1) is 4.66. The summed E-state index contributed by atoms with van der Waals surface area (Å²) < 4.78 is 5.53. The van der Waals surface area contributed by atoms with E-state index in [2.05, 4.69) is 27.7 Å². The molecule has 0 aromatic rings. The molecule has 60 valence electrons. The molecule has 3 atom stereocenters. The zero-order valence-corrected chi connectivity index (χ0v) is 7.42. The molecule has 0 amide bonds. The van der Waals surface area contributed by atoms with Crippen molar-refractivity contribution in [3.05, 3.63) is 0 Å². The number of hydrogen-bond donors (Lipinski definition) is 0. The molecule has 1 rings (SSSR count). The number of epoxide rings is 1. The van der Waals surface area contributed by atoms with Gasteiger partial charge in [-0.15, -0.1) is 0 Å². The van der Waals surface area contributed by atoms with Crippen molar-refractivity contribution >= 4 is 0 Å². The van der Waals surface area contributed by atoms with Gasteiger partial charge in [0.25, 0.3) is 0 Å². The van der Waals surface area contributed by atoms with E-state index in [4.69, 9.17) is 4.74 Å². The SMILES string of the molecule is CCC(C)C1OC1C(C)C. The molecule has 0 radical (unpaired) electrons. The second kappa shape index (κ2) is 2.91. The van der Waals surface area contributed by atoms with Crippen LogP contribution in [0.3, 0.4) is 0 Å². The Morgan fingerprint density at radius 2 is 1.80 bits per heavy atom. The fraction of sp³-hybridized carbons (Fsp3) is 1.00. The van der Waals surface area contributed by atoms with Crippen molar-refractivity contribution in [2.45, 2.75) is 46.3 Å². The summed E-state index contributed by atoms with van der Waals surface area (Å²) in [7, 11) is 0. The molecule has 1 nitrogen and oxygen atoms in total. The summed E-state index contributed by atoms with van der Waals surface area (Å²) in [5.74, 6) is 1.46. The van der Waals surface area contributed by atoms with Crippen molar-refractivity contribution in [1.29, 1.82) is 0 Å². The molecule has 0 bridgehead atoms. The first-order valence-corrected chi connectivity index (χ1v) is 4.32. The molecule has 1 heteroatoms. The summed E-state index contributed by atoms with van der Waals surface area (Å²) in [5, 5.41) is 0. The van der Waals surface area contributed by atoms with Gasteiger partial charge in [-0.25, -0.2) is 0 Å². The van der Waals surface area contributed by atoms with Gasteiger partial charge >= 0.3 is 0 Å². The fourth-order valence-electron chi connectivity index (χ4n) is 1.36. The van der Waals surface area contributed by atoms with Gasteiger partial charge in [0.2, 0.25) is 0 Å². The Bertz CT molecular complexity index is 109. The normalized spacial score (nSPS) is 34.5. The zero-order chi connectivity index (χ0) is 7.72. The van der Waals surface area contributed by atoms with Crippen LogP contribution in [0.15, 0.2) is 0 Å². The van der Waals surface area contributed by atoms with Crippen molar-refractivity contribution < 1.29 is 4.74 Å². The van der Waals surface area contributed by atoms with Gasteiger partial charge < -0.3 is 4.74 Å². The van der Waals surface area contributed by atoms with Crippen LogP contribution in [0, 0.1) is 11.8 Å². The average molecular weight is 142 g/mol. The molecule has 0 spiro atoms.